The van der Waals surface area contributed by atoms with E-state index in [1.807, 2.05) is 0 Å². The van der Waals surface area contributed by atoms with E-state index < -0.39 is 11.4 Å². The molecule has 0 bridgehead atoms. The standard InChI is InChI=1S/C11H9BrFNO2/c1-16-9-5-7(4-8(12)10(9)13)11(2-3-11)14-6-15/h4-5H,2-3H2,1H3. The normalized spacial score (nSPS) is 16.4. The lowest BCUT2D eigenvalue weighted by Crippen LogP contribution is -2.04. The van der Waals surface area contributed by atoms with Crippen molar-refractivity contribution in [1.29, 1.82) is 0 Å². The van der Waals surface area contributed by atoms with E-state index in [2.05, 4.69) is 20.9 Å². The minimum Gasteiger partial charge on any atom is -0.494 e. The van der Waals surface area contributed by atoms with Gasteiger partial charge in [0.2, 0.25) is 6.08 Å². The molecule has 0 saturated heterocycles. The number of hydrogen-bond donors (Lipinski definition) is 0. The molecule has 5 heteroatoms. The largest absolute Gasteiger partial charge is 0.494 e. The number of benzene rings is 1. The van der Waals surface area contributed by atoms with Crippen LogP contribution >= 0.6 is 15.9 Å². The van der Waals surface area contributed by atoms with Crippen LogP contribution in [0.3, 0.4) is 0 Å². The number of halogens is 2. The molecule has 0 spiro atoms. The van der Waals surface area contributed by atoms with Crippen LogP contribution in [-0.2, 0) is 10.3 Å². The Morgan fingerprint density at radius 2 is 2.25 bits per heavy atom. The molecule has 2 rings (SSSR count). The highest BCUT2D eigenvalue weighted by Crippen LogP contribution is 2.50. The van der Waals surface area contributed by atoms with Crippen LogP contribution in [-0.4, -0.2) is 13.2 Å². The molecule has 1 aromatic rings. The van der Waals surface area contributed by atoms with Gasteiger partial charge < -0.3 is 4.74 Å². The monoisotopic (exact) mass is 285 g/mol. The minimum atomic E-state index is -0.509. The Hall–Kier alpha value is -1.19. The van der Waals surface area contributed by atoms with Gasteiger partial charge in [0.25, 0.3) is 0 Å². The second-order valence-electron chi connectivity index (χ2n) is 3.71. The van der Waals surface area contributed by atoms with E-state index in [-0.39, 0.29) is 5.75 Å². The Labute approximate surface area is 100 Å². The maximum atomic E-state index is 13.5. The van der Waals surface area contributed by atoms with Crippen molar-refractivity contribution in [1.82, 2.24) is 0 Å². The first-order chi connectivity index (χ1) is 7.63. The fourth-order valence-electron chi connectivity index (χ4n) is 1.65. The fraction of sp³-hybridized carbons (Fsp3) is 0.364. The number of carbonyl (C=O) groups excluding carboxylic acids is 1. The highest BCUT2D eigenvalue weighted by molar-refractivity contribution is 9.10. The molecule has 1 saturated carbocycles. The van der Waals surface area contributed by atoms with Crippen molar-refractivity contribution in [2.75, 3.05) is 7.11 Å². The lowest BCUT2D eigenvalue weighted by molar-refractivity contribution is 0.384. The van der Waals surface area contributed by atoms with Crippen molar-refractivity contribution < 1.29 is 13.9 Å². The molecule has 0 aliphatic heterocycles. The zero-order valence-corrected chi connectivity index (χ0v) is 10.2. The summed E-state index contributed by atoms with van der Waals surface area (Å²) in [5.74, 6) is -0.297. The molecular formula is C11H9BrFNO2. The summed E-state index contributed by atoms with van der Waals surface area (Å²) in [6.45, 7) is 0. The topological polar surface area (TPSA) is 38.7 Å². The minimum absolute atomic E-state index is 0.150. The molecule has 0 unspecified atom stereocenters. The van der Waals surface area contributed by atoms with Gasteiger partial charge in [0.05, 0.1) is 17.1 Å². The lowest BCUT2D eigenvalue weighted by Gasteiger charge is -2.11. The van der Waals surface area contributed by atoms with E-state index in [1.54, 1.807) is 18.2 Å². The Morgan fingerprint density at radius 1 is 1.56 bits per heavy atom. The van der Waals surface area contributed by atoms with E-state index in [0.717, 1.165) is 18.4 Å². The number of nitrogens with zero attached hydrogens (tertiary/aromatic N) is 1. The quantitative estimate of drug-likeness (QED) is 0.633. The molecule has 84 valence electrons. The number of hydrogen-bond acceptors (Lipinski definition) is 3. The third-order valence-electron chi connectivity index (χ3n) is 2.74. The molecule has 0 atom stereocenters. The summed E-state index contributed by atoms with van der Waals surface area (Å²) in [6.07, 6.45) is 3.13. The smallest absolute Gasteiger partial charge is 0.235 e. The molecule has 3 nitrogen and oxygen atoms in total. The van der Waals surface area contributed by atoms with E-state index in [1.165, 1.54) is 7.11 Å². The molecular weight excluding hydrogens is 277 g/mol. The maximum Gasteiger partial charge on any atom is 0.235 e. The van der Waals surface area contributed by atoms with Crippen LogP contribution in [0.5, 0.6) is 5.75 Å². The molecule has 16 heavy (non-hydrogen) atoms. The van der Waals surface area contributed by atoms with Crippen LogP contribution in [0.2, 0.25) is 0 Å². The molecule has 0 heterocycles. The second kappa shape index (κ2) is 4.00. The van der Waals surface area contributed by atoms with Crippen LogP contribution in [0.15, 0.2) is 21.6 Å². The molecule has 0 aromatic heterocycles. The van der Waals surface area contributed by atoms with Gasteiger partial charge in [-0.25, -0.2) is 9.18 Å². The van der Waals surface area contributed by atoms with Gasteiger partial charge in [0.15, 0.2) is 11.6 Å². The second-order valence-corrected chi connectivity index (χ2v) is 4.56. The van der Waals surface area contributed by atoms with Gasteiger partial charge >= 0.3 is 0 Å². The number of methoxy groups -OCH3 is 1. The van der Waals surface area contributed by atoms with Crippen molar-refractivity contribution in [2.24, 2.45) is 4.99 Å². The summed E-state index contributed by atoms with van der Waals surface area (Å²) in [5.41, 5.74) is 0.270. The first kappa shape index (κ1) is 11.3. The van der Waals surface area contributed by atoms with Crippen LogP contribution < -0.4 is 4.74 Å². The molecule has 1 fully saturated rings. The van der Waals surface area contributed by atoms with Crippen molar-refractivity contribution in [3.05, 3.63) is 28.0 Å². The third kappa shape index (κ3) is 1.77. The van der Waals surface area contributed by atoms with Gasteiger partial charge in [0, 0.05) is 0 Å². The summed E-state index contributed by atoms with van der Waals surface area (Å²) in [4.78, 5) is 14.1. The number of rotatable bonds is 3. The van der Waals surface area contributed by atoms with Crippen molar-refractivity contribution >= 4 is 22.0 Å². The van der Waals surface area contributed by atoms with Gasteiger partial charge in [-0.1, -0.05) is 0 Å². The predicted octanol–water partition coefficient (Wildman–Crippen LogP) is 2.92. The summed E-state index contributed by atoms with van der Waals surface area (Å²) in [5, 5.41) is 0. The van der Waals surface area contributed by atoms with E-state index in [9.17, 15) is 9.18 Å². The highest BCUT2D eigenvalue weighted by atomic mass is 79.9. The summed E-state index contributed by atoms with van der Waals surface area (Å²) in [6, 6.07) is 3.21. The number of aliphatic imine (C=N–C) groups is 1. The fourth-order valence-corrected chi connectivity index (χ4v) is 2.09. The predicted molar refractivity (Wildman–Crippen MR) is 59.7 cm³/mol. The summed E-state index contributed by atoms with van der Waals surface area (Å²) < 4.78 is 18.7. The van der Waals surface area contributed by atoms with Crippen molar-refractivity contribution in [3.8, 4) is 5.75 Å². The first-order valence-electron chi connectivity index (χ1n) is 4.75. The van der Waals surface area contributed by atoms with Gasteiger partial charge in [-0.05, 0) is 46.5 Å². The highest BCUT2D eigenvalue weighted by Gasteiger charge is 2.45. The SMILES string of the molecule is COc1cc(C2(N=C=O)CC2)cc(Br)c1F. The van der Waals surface area contributed by atoms with Crippen LogP contribution in [0.1, 0.15) is 18.4 Å². The molecule has 1 aromatic carbocycles. The average Bonchev–Trinajstić information content (AvgIpc) is 3.03. The van der Waals surface area contributed by atoms with Crippen molar-refractivity contribution in [3.63, 3.8) is 0 Å². The molecule has 1 aliphatic carbocycles. The third-order valence-corrected chi connectivity index (χ3v) is 3.31. The Kier molecular flexibility index (Phi) is 2.82. The molecule has 0 amide bonds. The van der Waals surface area contributed by atoms with Crippen LogP contribution in [0.25, 0.3) is 0 Å². The zero-order chi connectivity index (χ0) is 11.8. The zero-order valence-electron chi connectivity index (χ0n) is 8.59. The Balaban J connectivity index is 2.51. The van der Waals surface area contributed by atoms with Gasteiger partial charge in [-0.2, -0.15) is 4.99 Å². The van der Waals surface area contributed by atoms with Gasteiger partial charge in [-0.3, -0.25) is 0 Å². The van der Waals surface area contributed by atoms with Crippen LogP contribution in [0, 0.1) is 5.82 Å². The Morgan fingerprint density at radius 3 is 2.75 bits per heavy atom. The molecule has 1 aliphatic rings. The maximum absolute atomic E-state index is 13.5. The van der Waals surface area contributed by atoms with Gasteiger partial charge in [0.1, 0.15) is 0 Å². The summed E-state index contributed by atoms with van der Waals surface area (Å²) in [7, 11) is 1.40. The summed E-state index contributed by atoms with van der Waals surface area (Å²) >= 11 is 3.11. The van der Waals surface area contributed by atoms with E-state index >= 15 is 0 Å². The van der Waals surface area contributed by atoms with Gasteiger partial charge in [-0.15, -0.1) is 0 Å². The average molecular weight is 286 g/mol. The molecule has 0 N–H and O–H groups in total. The Bertz CT molecular complexity index is 479. The molecule has 0 radical (unpaired) electrons. The number of ether oxygens (including phenoxy) is 1. The van der Waals surface area contributed by atoms with E-state index in [0.29, 0.717) is 4.47 Å². The number of isocyanates is 1. The first-order valence-corrected chi connectivity index (χ1v) is 5.55. The van der Waals surface area contributed by atoms with Crippen LogP contribution in [0.4, 0.5) is 4.39 Å². The lowest BCUT2D eigenvalue weighted by atomic mass is 10.1. The van der Waals surface area contributed by atoms with E-state index in [4.69, 9.17) is 4.74 Å². The van der Waals surface area contributed by atoms with Crippen molar-refractivity contribution in [2.45, 2.75) is 18.4 Å².